The molecule has 0 heterocycles. The molecule has 68 valence electrons. The van der Waals surface area contributed by atoms with Crippen molar-refractivity contribution in [1.29, 1.82) is 5.26 Å². The SMILES string of the molecule is N#CCNCc1ccc(Br)cc1F. The van der Waals surface area contributed by atoms with Crippen molar-refractivity contribution in [3.8, 4) is 6.07 Å². The predicted molar refractivity (Wildman–Crippen MR) is 51.4 cm³/mol. The second kappa shape index (κ2) is 4.95. The lowest BCUT2D eigenvalue weighted by atomic mass is 10.2. The first-order valence-corrected chi connectivity index (χ1v) is 4.55. The van der Waals surface area contributed by atoms with Gasteiger partial charge in [-0.15, -0.1) is 0 Å². The topological polar surface area (TPSA) is 35.8 Å². The standard InChI is InChI=1S/C9H8BrFN2/c10-8-2-1-7(9(11)5-8)6-13-4-3-12/h1-2,5,13H,4,6H2. The molecule has 1 aromatic rings. The minimum Gasteiger partial charge on any atom is -0.300 e. The summed E-state index contributed by atoms with van der Waals surface area (Å²) < 4.78 is 13.8. The van der Waals surface area contributed by atoms with Gasteiger partial charge in [-0.25, -0.2) is 4.39 Å². The van der Waals surface area contributed by atoms with Crippen molar-refractivity contribution in [3.63, 3.8) is 0 Å². The number of hydrogen-bond donors (Lipinski definition) is 1. The highest BCUT2D eigenvalue weighted by Gasteiger charge is 2.01. The zero-order valence-electron chi connectivity index (χ0n) is 6.85. The van der Waals surface area contributed by atoms with Crippen LogP contribution in [0.1, 0.15) is 5.56 Å². The highest BCUT2D eigenvalue weighted by molar-refractivity contribution is 9.10. The van der Waals surface area contributed by atoms with Gasteiger partial charge in [-0.1, -0.05) is 22.0 Å². The molecule has 0 radical (unpaired) electrons. The Labute approximate surface area is 84.5 Å². The van der Waals surface area contributed by atoms with E-state index in [0.29, 0.717) is 16.6 Å². The fourth-order valence-corrected chi connectivity index (χ4v) is 1.25. The van der Waals surface area contributed by atoms with Crippen molar-refractivity contribution in [2.45, 2.75) is 6.54 Å². The van der Waals surface area contributed by atoms with Crippen LogP contribution in [0.3, 0.4) is 0 Å². The molecule has 0 aliphatic rings. The summed E-state index contributed by atoms with van der Waals surface area (Å²) in [7, 11) is 0. The van der Waals surface area contributed by atoms with Crippen LogP contribution in [-0.4, -0.2) is 6.54 Å². The monoisotopic (exact) mass is 242 g/mol. The number of nitriles is 1. The van der Waals surface area contributed by atoms with Crippen LogP contribution in [0.2, 0.25) is 0 Å². The van der Waals surface area contributed by atoms with E-state index in [9.17, 15) is 4.39 Å². The maximum absolute atomic E-state index is 13.1. The largest absolute Gasteiger partial charge is 0.300 e. The van der Waals surface area contributed by atoms with Gasteiger partial charge in [0, 0.05) is 16.6 Å². The Kier molecular flexibility index (Phi) is 3.87. The zero-order valence-corrected chi connectivity index (χ0v) is 8.44. The molecule has 0 fully saturated rings. The molecule has 0 aromatic heterocycles. The van der Waals surface area contributed by atoms with Crippen LogP contribution in [0.5, 0.6) is 0 Å². The maximum atomic E-state index is 13.1. The molecule has 0 aliphatic carbocycles. The molecule has 0 saturated carbocycles. The molecule has 1 aromatic carbocycles. The summed E-state index contributed by atoms with van der Waals surface area (Å²) in [6.07, 6.45) is 0. The average molecular weight is 243 g/mol. The van der Waals surface area contributed by atoms with Crippen molar-refractivity contribution in [3.05, 3.63) is 34.1 Å². The number of nitrogens with zero attached hydrogens (tertiary/aromatic N) is 1. The van der Waals surface area contributed by atoms with E-state index in [1.54, 1.807) is 12.1 Å². The molecule has 0 spiro atoms. The Hall–Kier alpha value is -0.920. The summed E-state index contributed by atoms with van der Waals surface area (Å²) in [5, 5.41) is 11.0. The Morgan fingerprint density at radius 2 is 2.31 bits per heavy atom. The van der Waals surface area contributed by atoms with E-state index in [1.165, 1.54) is 6.07 Å². The van der Waals surface area contributed by atoms with E-state index in [0.717, 1.165) is 0 Å². The summed E-state index contributed by atoms with van der Waals surface area (Å²) in [5.41, 5.74) is 0.568. The van der Waals surface area contributed by atoms with Gasteiger partial charge in [0.15, 0.2) is 0 Å². The predicted octanol–water partition coefficient (Wildman–Crippen LogP) is 2.20. The third-order valence-electron chi connectivity index (χ3n) is 1.53. The highest BCUT2D eigenvalue weighted by atomic mass is 79.9. The van der Waals surface area contributed by atoms with Gasteiger partial charge >= 0.3 is 0 Å². The van der Waals surface area contributed by atoms with Crippen LogP contribution in [0, 0.1) is 17.1 Å². The van der Waals surface area contributed by atoms with Gasteiger partial charge in [0.1, 0.15) is 5.82 Å². The Bertz CT molecular complexity index is 333. The Morgan fingerprint density at radius 1 is 1.54 bits per heavy atom. The third kappa shape index (κ3) is 3.13. The van der Waals surface area contributed by atoms with Gasteiger partial charge in [-0.05, 0) is 12.1 Å². The van der Waals surface area contributed by atoms with E-state index < -0.39 is 0 Å². The number of hydrogen-bond acceptors (Lipinski definition) is 2. The first-order chi connectivity index (χ1) is 6.24. The number of nitrogens with one attached hydrogen (secondary N) is 1. The van der Waals surface area contributed by atoms with Crippen LogP contribution in [0.4, 0.5) is 4.39 Å². The molecule has 0 aliphatic heterocycles. The molecule has 1 N–H and O–H groups in total. The van der Waals surface area contributed by atoms with E-state index in [4.69, 9.17) is 5.26 Å². The van der Waals surface area contributed by atoms with Crippen LogP contribution in [0.15, 0.2) is 22.7 Å². The van der Waals surface area contributed by atoms with Gasteiger partial charge in [-0.3, -0.25) is 0 Å². The average Bonchev–Trinajstić information content (AvgIpc) is 2.09. The van der Waals surface area contributed by atoms with Crippen molar-refractivity contribution in [2.24, 2.45) is 0 Å². The molecule has 13 heavy (non-hydrogen) atoms. The van der Waals surface area contributed by atoms with Crippen LogP contribution < -0.4 is 5.32 Å². The number of halogens is 2. The van der Waals surface area contributed by atoms with Crippen LogP contribution in [-0.2, 0) is 6.54 Å². The molecular weight excluding hydrogens is 235 g/mol. The lowest BCUT2D eigenvalue weighted by Crippen LogP contribution is -2.13. The molecule has 0 saturated heterocycles. The van der Waals surface area contributed by atoms with Crippen molar-refractivity contribution < 1.29 is 4.39 Å². The molecular formula is C9H8BrFN2. The normalized spacial score (nSPS) is 9.62. The Morgan fingerprint density at radius 3 is 2.92 bits per heavy atom. The molecule has 4 heteroatoms. The number of benzene rings is 1. The molecule has 2 nitrogen and oxygen atoms in total. The number of rotatable bonds is 3. The summed E-state index contributed by atoms with van der Waals surface area (Å²) in [6.45, 7) is 0.613. The summed E-state index contributed by atoms with van der Waals surface area (Å²) in [5.74, 6) is -0.264. The molecule has 0 unspecified atom stereocenters. The fraction of sp³-hybridized carbons (Fsp3) is 0.222. The van der Waals surface area contributed by atoms with E-state index in [1.807, 2.05) is 6.07 Å². The van der Waals surface area contributed by atoms with Crippen LogP contribution in [0.25, 0.3) is 0 Å². The molecule has 0 bridgehead atoms. The van der Waals surface area contributed by atoms with Gasteiger partial charge in [-0.2, -0.15) is 5.26 Å². The molecule has 1 rings (SSSR count). The quantitative estimate of drug-likeness (QED) is 0.652. The third-order valence-corrected chi connectivity index (χ3v) is 2.03. The van der Waals surface area contributed by atoms with Gasteiger partial charge in [0.25, 0.3) is 0 Å². The Balaban J connectivity index is 2.62. The van der Waals surface area contributed by atoms with Crippen molar-refractivity contribution in [1.82, 2.24) is 5.32 Å². The second-order valence-electron chi connectivity index (χ2n) is 2.50. The first-order valence-electron chi connectivity index (χ1n) is 3.75. The summed E-state index contributed by atoms with van der Waals surface area (Å²) in [6, 6.07) is 6.79. The molecule has 0 amide bonds. The first kappa shape index (κ1) is 10.2. The van der Waals surface area contributed by atoms with Crippen molar-refractivity contribution in [2.75, 3.05) is 6.54 Å². The minimum atomic E-state index is -0.264. The summed E-state index contributed by atoms with van der Waals surface area (Å²) in [4.78, 5) is 0. The highest BCUT2D eigenvalue weighted by Crippen LogP contribution is 2.14. The van der Waals surface area contributed by atoms with Crippen molar-refractivity contribution >= 4 is 15.9 Å². The van der Waals surface area contributed by atoms with E-state index in [2.05, 4.69) is 21.2 Å². The molecule has 0 atom stereocenters. The minimum absolute atomic E-state index is 0.232. The lowest BCUT2D eigenvalue weighted by Gasteiger charge is -2.02. The van der Waals surface area contributed by atoms with E-state index >= 15 is 0 Å². The maximum Gasteiger partial charge on any atom is 0.128 e. The van der Waals surface area contributed by atoms with E-state index in [-0.39, 0.29) is 12.4 Å². The second-order valence-corrected chi connectivity index (χ2v) is 3.41. The fourth-order valence-electron chi connectivity index (χ4n) is 0.918. The van der Waals surface area contributed by atoms with Gasteiger partial charge in [0.2, 0.25) is 0 Å². The summed E-state index contributed by atoms with van der Waals surface area (Å²) >= 11 is 3.17. The lowest BCUT2D eigenvalue weighted by molar-refractivity contribution is 0.596. The smallest absolute Gasteiger partial charge is 0.128 e. The van der Waals surface area contributed by atoms with Crippen LogP contribution >= 0.6 is 15.9 Å². The van der Waals surface area contributed by atoms with Gasteiger partial charge < -0.3 is 5.32 Å². The zero-order chi connectivity index (χ0) is 9.68. The van der Waals surface area contributed by atoms with Gasteiger partial charge in [0.05, 0.1) is 12.6 Å².